The van der Waals surface area contributed by atoms with E-state index in [0.717, 1.165) is 24.9 Å². The van der Waals surface area contributed by atoms with Gasteiger partial charge in [0.05, 0.1) is 6.04 Å². The molecule has 28 heavy (non-hydrogen) atoms. The summed E-state index contributed by atoms with van der Waals surface area (Å²) in [7, 11) is 0. The molecule has 7 heteroatoms. The predicted molar refractivity (Wildman–Crippen MR) is 108 cm³/mol. The normalized spacial score (nSPS) is 16.0. The molecule has 1 atom stereocenters. The Labute approximate surface area is 164 Å². The average molecular weight is 382 g/mol. The number of carbonyl (C=O) groups excluding carboxylic acids is 2. The Balaban J connectivity index is 1.75. The third kappa shape index (κ3) is 5.00. The van der Waals surface area contributed by atoms with Crippen LogP contribution in [0.4, 0.5) is 16.2 Å². The summed E-state index contributed by atoms with van der Waals surface area (Å²) in [4.78, 5) is 27.3. The molecule has 1 aromatic heterocycles. The van der Waals surface area contributed by atoms with Gasteiger partial charge in [-0.25, -0.2) is 4.79 Å². The van der Waals surface area contributed by atoms with E-state index in [-0.39, 0.29) is 11.7 Å². The Morgan fingerprint density at radius 2 is 1.96 bits per heavy atom. The topological polar surface area (TPSA) is 106 Å². The van der Waals surface area contributed by atoms with Crippen LogP contribution in [0.5, 0.6) is 0 Å². The van der Waals surface area contributed by atoms with Crippen molar-refractivity contribution < 1.29 is 14.3 Å². The molecular formula is C21H26N4O3. The van der Waals surface area contributed by atoms with Gasteiger partial charge in [0, 0.05) is 17.6 Å². The standard InChI is InChI=1S/C21H26N4O3/c1-21(2,3)28-20(27)25-14-7-8-16-13(11-14)5-4-6-17(16)24-15-9-10-23-18(12-15)19(22)26/h7-12,17H,4-6H2,1-3H3,(H2,22,26)(H,23,24)(H,25,27). The zero-order chi connectivity index (χ0) is 20.3. The quantitative estimate of drug-likeness (QED) is 0.740. The van der Waals surface area contributed by atoms with E-state index in [1.54, 1.807) is 12.3 Å². The number of aromatic nitrogens is 1. The van der Waals surface area contributed by atoms with Crippen LogP contribution in [0, 0.1) is 0 Å². The zero-order valence-electron chi connectivity index (χ0n) is 16.4. The van der Waals surface area contributed by atoms with E-state index < -0.39 is 17.6 Å². The molecule has 0 bridgehead atoms. The van der Waals surface area contributed by atoms with E-state index in [9.17, 15) is 9.59 Å². The van der Waals surface area contributed by atoms with Crippen molar-refractivity contribution in [2.75, 3.05) is 10.6 Å². The number of hydrogen-bond acceptors (Lipinski definition) is 5. The number of benzene rings is 1. The van der Waals surface area contributed by atoms with Crippen LogP contribution in [0.2, 0.25) is 0 Å². The molecule has 1 unspecified atom stereocenters. The fraction of sp³-hybridized carbons (Fsp3) is 0.381. The summed E-state index contributed by atoms with van der Waals surface area (Å²) in [5.74, 6) is -0.550. The number of anilines is 2. The number of primary amides is 1. The lowest BCUT2D eigenvalue weighted by atomic mass is 9.87. The van der Waals surface area contributed by atoms with Gasteiger partial charge in [-0.2, -0.15) is 0 Å². The second-order valence-electron chi connectivity index (χ2n) is 7.92. The molecular weight excluding hydrogens is 356 g/mol. The Kier molecular flexibility index (Phi) is 5.53. The van der Waals surface area contributed by atoms with Crippen LogP contribution in [-0.2, 0) is 11.2 Å². The molecule has 0 aliphatic heterocycles. The van der Waals surface area contributed by atoms with Crippen LogP contribution in [0.3, 0.4) is 0 Å². The highest BCUT2D eigenvalue weighted by molar-refractivity contribution is 5.91. The largest absolute Gasteiger partial charge is 0.444 e. The van der Waals surface area contributed by atoms with Crippen molar-refractivity contribution in [3.8, 4) is 0 Å². The summed E-state index contributed by atoms with van der Waals surface area (Å²) in [6.07, 6.45) is 4.04. The molecule has 1 aliphatic carbocycles. The van der Waals surface area contributed by atoms with Crippen LogP contribution < -0.4 is 16.4 Å². The molecule has 1 heterocycles. The number of amides is 2. The third-order valence-corrected chi connectivity index (χ3v) is 4.46. The van der Waals surface area contributed by atoms with Gasteiger partial charge in [0.2, 0.25) is 0 Å². The first kappa shape index (κ1) is 19.7. The number of carbonyl (C=O) groups is 2. The summed E-state index contributed by atoms with van der Waals surface area (Å²) in [6.45, 7) is 5.50. The number of aryl methyl sites for hydroxylation is 1. The van der Waals surface area contributed by atoms with Gasteiger partial charge in [0.25, 0.3) is 5.91 Å². The molecule has 0 saturated heterocycles. The summed E-state index contributed by atoms with van der Waals surface area (Å²) in [5, 5.41) is 6.26. The van der Waals surface area contributed by atoms with Crippen molar-refractivity contribution in [3.05, 3.63) is 53.3 Å². The van der Waals surface area contributed by atoms with Gasteiger partial charge in [0.1, 0.15) is 11.3 Å². The minimum Gasteiger partial charge on any atom is -0.444 e. The molecule has 0 radical (unpaired) electrons. The summed E-state index contributed by atoms with van der Waals surface area (Å²) < 4.78 is 5.31. The maximum Gasteiger partial charge on any atom is 0.412 e. The van der Waals surface area contributed by atoms with E-state index in [1.807, 2.05) is 45.0 Å². The lowest BCUT2D eigenvalue weighted by molar-refractivity contribution is 0.0635. The average Bonchev–Trinajstić information content (AvgIpc) is 2.60. The maximum absolute atomic E-state index is 12.0. The van der Waals surface area contributed by atoms with Crippen LogP contribution in [0.25, 0.3) is 0 Å². The molecule has 2 aromatic rings. The molecule has 1 aliphatic rings. The molecule has 1 aromatic carbocycles. The van der Waals surface area contributed by atoms with Gasteiger partial charge in [-0.05, 0) is 75.4 Å². The third-order valence-electron chi connectivity index (χ3n) is 4.46. The number of pyridine rings is 1. The fourth-order valence-electron chi connectivity index (χ4n) is 3.32. The lowest BCUT2D eigenvalue weighted by Crippen LogP contribution is -2.27. The van der Waals surface area contributed by atoms with Gasteiger partial charge in [-0.1, -0.05) is 6.07 Å². The van der Waals surface area contributed by atoms with Crippen molar-refractivity contribution in [3.63, 3.8) is 0 Å². The van der Waals surface area contributed by atoms with Gasteiger partial charge < -0.3 is 15.8 Å². The van der Waals surface area contributed by atoms with E-state index in [0.29, 0.717) is 5.69 Å². The number of nitrogens with two attached hydrogens (primary N) is 1. The fourth-order valence-corrected chi connectivity index (χ4v) is 3.32. The van der Waals surface area contributed by atoms with Gasteiger partial charge in [-0.15, -0.1) is 0 Å². The van der Waals surface area contributed by atoms with Gasteiger partial charge >= 0.3 is 6.09 Å². The molecule has 7 nitrogen and oxygen atoms in total. The second-order valence-corrected chi connectivity index (χ2v) is 7.92. The minimum atomic E-state index is -0.550. The Morgan fingerprint density at radius 1 is 1.18 bits per heavy atom. The van der Waals surface area contributed by atoms with Gasteiger partial charge in [0.15, 0.2) is 0 Å². The SMILES string of the molecule is CC(C)(C)OC(=O)Nc1ccc2c(c1)CCCC2Nc1ccnc(C(N)=O)c1. The Hall–Kier alpha value is -3.09. The highest BCUT2D eigenvalue weighted by atomic mass is 16.6. The van der Waals surface area contributed by atoms with Gasteiger partial charge in [-0.3, -0.25) is 15.1 Å². The number of ether oxygens (including phenoxy) is 1. The summed E-state index contributed by atoms with van der Waals surface area (Å²) in [6, 6.07) is 9.49. The zero-order valence-corrected chi connectivity index (χ0v) is 16.4. The number of rotatable bonds is 4. The Morgan fingerprint density at radius 3 is 2.68 bits per heavy atom. The molecule has 2 amide bonds. The van der Waals surface area contributed by atoms with E-state index >= 15 is 0 Å². The highest BCUT2D eigenvalue weighted by Gasteiger charge is 2.22. The van der Waals surface area contributed by atoms with Crippen molar-refractivity contribution in [1.29, 1.82) is 0 Å². The molecule has 148 valence electrons. The van der Waals surface area contributed by atoms with E-state index in [1.165, 1.54) is 11.1 Å². The maximum atomic E-state index is 12.0. The van der Waals surface area contributed by atoms with Crippen molar-refractivity contribution in [2.24, 2.45) is 5.73 Å². The smallest absolute Gasteiger partial charge is 0.412 e. The first-order valence-electron chi connectivity index (χ1n) is 9.36. The number of hydrogen-bond donors (Lipinski definition) is 3. The first-order valence-corrected chi connectivity index (χ1v) is 9.36. The highest BCUT2D eigenvalue weighted by Crippen LogP contribution is 2.34. The minimum absolute atomic E-state index is 0.113. The molecule has 4 N–H and O–H groups in total. The lowest BCUT2D eigenvalue weighted by Gasteiger charge is -2.28. The second kappa shape index (κ2) is 7.88. The van der Waals surface area contributed by atoms with Crippen molar-refractivity contribution >= 4 is 23.4 Å². The number of nitrogens with one attached hydrogen (secondary N) is 2. The predicted octanol–water partition coefficient (Wildman–Crippen LogP) is 4.02. The molecule has 3 rings (SSSR count). The van der Waals surface area contributed by atoms with Crippen LogP contribution >= 0.6 is 0 Å². The van der Waals surface area contributed by atoms with Crippen LogP contribution in [0.15, 0.2) is 36.5 Å². The van der Waals surface area contributed by atoms with Crippen LogP contribution in [-0.4, -0.2) is 22.6 Å². The number of fused-ring (bicyclic) bond motifs is 1. The monoisotopic (exact) mass is 382 g/mol. The number of nitrogens with zero attached hydrogens (tertiary/aromatic N) is 1. The van der Waals surface area contributed by atoms with Crippen molar-refractivity contribution in [2.45, 2.75) is 51.7 Å². The Bertz CT molecular complexity index is 889. The summed E-state index contributed by atoms with van der Waals surface area (Å²) >= 11 is 0. The van der Waals surface area contributed by atoms with E-state index in [2.05, 4.69) is 15.6 Å². The summed E-state index contributed by atoms with van der Waals surface area (Å²) in [5.41, 5.74) is 8.89. The van der Waals surface area contributed by atoms with E-state index in [4.69, 9.17) is 10.5 Å². The molecule has 0 fully saturated rings. The van der Waals surface area contributed by atoms with Crippen LogP contribution in [0.1, 0.15) is 61.3 Å². The van der Waals surface area contributed by atoms with Crippen molar-refractivity contribution in [1.82, 2.24) is 4.98 Å². The molecule has 0 saturated carbocycles. The molecule has 0 spiro atoms. The first-order chi connectivity index (χ1) is 13.2.